The molecule has 0 spiro atoms. The van der Waals surface area contributed by atoms with Crippen molar-refractivity contribution in [2.24, 2.45) is 0 Å². The van der Waals surface area contributed by atoms with Crippen molar-refractivity contribution in [1.82, 2.24) is 15.1 Å². The average Bonchev–Trinajstić information content (AvgIpc) is 2.57. The molecule has 23 heavy (non-hydrogen) atoms. The number of nitrogens with zero attached hydrogens (tertiary/aromatic N) is 4. The van der Waals surface area contributed by atoms with Crippen molar-refractivity contribution in [3.63, 3.8) is 0 Å². The molecule has 1 aliphatic rings. The minimum atomic E-state index is 0.00811. The summed E-state index contributed by atoms with van der Waals surface area (Å²) >= 11 is 0. The van der Waals surface area contributed by atoms with E-state index in [2.05, 4.69) is 33.5 Å². The first-order valence-electron chi connectivity index (χ1n) is 8.34. The summed E-state index contributed by atoms with van der Waals surface area (Å²) in [7, 11) is 2.07. The number of aryl methyl sites for hydroxylation is 1. The predicted molar refractivity (Wildman–Crippen MR) is 90.2 cm³/mol. The summed E-state index contributed by atoms with van der Waals surface area (Å²) < 4.78 is 0. The second kappa shape index (κ2) is 7.71. The molecule has 126 valence electrons. The van der Waals surface area contributed by atoms with Gasteiger partial charge in [0, 0.05) is 18.6 Å². The Morgan fingerprint density at radius 2 is 1.96 bits per heavy atom. The van der Waals surface area contributed by atoms with Crippen LogP contribution in [0.3, 0.4) is 0 Å². The number of nitrogens with one attached hydrogen (secondary N) is 1. The van der Waals surface area contributed by atoms with Crippen molar-refractivity contribution in [3.05, 3.63) is 16.8 Å². The van der Waals surface area contributed by atoms with Crippen LogP contribution < -0.4 is 5.32 Å². The first kappa shape index (κ1) is 17.6. The summed E-state index contributed by atoms with van der Waals surface area (Å²) in [6, 6.07) is 2.24. The van der Waals surface area contributed by atoms with Gasteiger partial charge in [0.2, 0.25) is 0 Å². The molecule has 6 heteroatoms. The summed E-state index contributed by atoms with van der Waals surface area (Å²) in [5.74, 6) is 0.568. The molecular weight excluding hydrogens is 290 g/mol. The van der Waals surface area contributed by atoms with Crippen molar-refractivity contribution in [3.8, 4) is 6.07 Å². The molecule has 1 saturated carbocycles. The van der Waals surface area contributed by atoms with Gasteiger partial charge in [0.05, 0.1) is 12.3 Å². The van der Waals surface area contributed by atoms with Gasteiger partial charge < -0.3 is 10.4 Å². The van der Waals surface area contributed by atoms with Crippen LogP contribution in [0.4, 0.5) is 5.82 Å². The van der Waals surface area contributed by atoms with Gasteiger partial charge in [-0.2, -0.15) is 10.4 Å². The van der Waals surface area contributed by atoms with Crippen molar-refractivity contribution < 1.29 is 5.11 Å². The fourth-order valence-corrected chi connectivity index (χ4v) is 3.41. The molecular formula is C17H27N5O. The molecule has 0 unspecified atom stereocenters. The molecule has 2 rings (SSSR count). The third kappa shape index (κ3) is 3.80. The standard InChI is InChI=1S/C17H27N5O/c1-13-14(2)20-21-16(15(13)11-18)19-12-17(22(3)9-10-23)7-5-4-6-8-17/h23H,4-10,12H2,1-3H3,(H,19,21). The summed E-state index contributed by atoms with van der Waals surface area (Å²) in [5, 5.41) is 30.4. The summed E-state index contributed by atoms with van der Waals surface area (Å²) in [4.78, 5) is 2.25. The molecule has 1 aromatic heterocycles. The zero-order valence-corrected chi connectivity index (χ0v) is 14.4. The monoisotopic (exact) mass is 317 g/mol. The van der Waals surface area contributed by atoms with Gasteiger partial charge in [-0.3, -0.25) is 4.90 Å². The Morgan fingerprint density at radius 1 is 1.26 bits per heavy atom. The van der Waals surface area contributed by atoms with Crippen LogP contribution in [-0.4, -0.2) is 52.5 Å². The average molecular weight is 317 g/mol. The van der Waals surface area contributed by atoms with Crippen LogP contribution in [0.1, 0.15) is 48.9 Å². The van der Waals surface area contributed by atoms with Crippen LogP contribution >= 0.6 is 0 Å². The number of aromatic nitrogens is 2. The number of nitriles is 1. The van der Waals surface area contributed by atoms with Crippen LogP contribution in [-0.2, 0) is 0 Å². The van der Waals surface area contributed by atoms with E-state index in [4.69, 9.17) is 0 Å². The highest BCUT2D eigenvalue weighted by atomic mass is 16.3. The lowest BCUT2D eigenvalue weighted by molar-refractivity contribution is 0.0690. The minimum Gasteiger partial charge on any atom is -0.395 e. The second-order valence-electron chi connectivity index (χ2n) is 6.53. The van der Waals surface area contributed by atoms with Gasteiger partial charge in [0.15, 0.2) is 5.82 Å². The molecule has 1 heterocycles. The SMILES string of the molecule is Cc1nnc(NCC2(N(C)CCO)CCCCC2)c(C#N)c1C. The minimum absolute atomic E-state index is 0.00811. The molecule has 0 aliphatic heterocycles. The Balaban J connectivity index is 2.19. The first-order chi connectivity index (χ1) is 11.0. The quantitative estimate of drug-likeness (QED) is 0.835. The van der Waals surface area contributed by atoms with E-state index < -0.39 is 0 Å². The van der Waals surface area contributed by atoms with Gasteiger partial charge in [0.25, 0.3) is 0 Å². The van der Waals surface area contributed by atoms with E-state index in [0.717, 1.165) is 30.6 Å². The smallest absolute Gasteiger partial charge is 0.166 e. The fourth-order valence-electron chi connectivity index (χ4n) is 3.41. The van der Waals surface area contributed by atoms with Gasteiger partial charge >= 0.3 is 0 Å². The van der Waals surface area contributed by atoms with Gasteiger partial charge in [-0.25, -0.2) is 0 Å². The van der Waals surface area contributed by atoms with Crippen LogP contribution in [0, 0.1) is 25.2 Å². The Kier molecular flexibility index (Phi) is 5.91. The lowest BCUT2D eigenvalue weighted by atomic mass is 9.80. The van der Waals surface area contributed by atoms with E-state index in [1.54, 1.807) is 0 Å². The molecule has 0 bridgehead atoms. The number of aliphatic hydroxyl groups is 1. The molecule has 1 aromatic rings. The maximum absolute atomic E-state index is 9.42. The lowest BCUT2D eigenvalue weighted by Gasteiger charge is -2.45. The van der Waals surface area contributed by atoms with Crippen LogP contribution in [0.15, 0.2) is 0 Å². The van der Waals surface area contributed by atoms with Gasteiger partial charge in [-0.05, 0) is 39.3 Å². The van der Waals surface area contributed by atoms with Gasteiger partial charge in [-0.1, -0.05) is 19.3 Å². The largest absolute Gasteiger partial charge is 0.395 e. The van der Waals surface area contributed by atoms with Crippen LogP contribution in [0.25, 0.3) is 0 Å². The molecule has 0 amide bonds. The Morgan fingerprint density at radius 3 is 2.57 bits per heavy atom. The highest BCUT2D eigenvalue weighted by Gasteiger charge is 2.35. The van der Waals surface area contributed by atoms with Crippen LogP contribution in [0.2, 0.25) is 0 Å². The van der Waals surface area contributed by atoms with E-state index in [-0.39, 0.29) is 12.1 Å². The number of aliphatic hydroxyl groups excluding tert-OH is 1. The summed E-state index contributed by atoms with van der Waals surface area (Å²) in [5.41, 5.74) is 2.25. The molecule has 1 aliphatic carbocycles. The number of likely N-dealkylation sites (N-methyl/N-ethyl adjacent to an activating group) is 1. The molecule has 0 atom stereocenters. The zero-order chi connectivity index (χ0) is 16.9. The number of hydrogen-bond acceptors (Lipinski definition) is 6. The summed E-state index contributed by atoms with van der Waals surface area (Å²) in [6.07, 6.45) is 5.84. The lowest BCUT2D eigenvalue weighted by Crippen LogP contribution is -2.53. The maximum Gasteiger partial charge on any atom is 0.166 e. The first-order valence-corrected chi connectivity index (χ1v) is 8.34. The highest BCUT2D eigenvalue weighted by Crippen LogP contribution is 2.33. The molecule has 0 radical (unpaired) electrons. The number of rotatable bonds is 6. The van der Waals surface area contributed by atoms with E-state index in [1.165, 1.54) is 19.3 Å². The molecule has 0 aromatic carbocycles. The van der Waals surface area contributed by atoms with E-state index in [9.17, 15) is 10.4 Å². The van der Waals surface area contributed by atoms with E-state index >= 15 is 0 Å². The fraction of sp³-hybridized carbons (Fsp3) is 0.706. The third-order valence-electron chi connectivity index (χ3n) is 5.18. The maximum atomic E-state index is 9.42. The Labute approximate surface area is 138 Å². The van der Waals surface area contributed by atoms with Crippen molar-refractivity contribution in [2.45, 2.75) is 51.5 Å². The Bertz CT molecular complexity index is 575. The topological polar surface area (TPSA) is 85.1 Å². The number of β-amino-alcohol motifs (C(OH)–C–C–N with tert-alkyl or cyclic N) is 1. The van der Waals surface area contributed by atoms with Crippen molar-refractivity contribution in [2.75, 3.05) is 32.1 Å². The Hall–Kier alpha value is -1.71. The predicted octanol–water partition coefficient (Wildman–Crippen LogP) is 2.00. The highest BCUT2D eigenvalue weighted by molar-refractivity contribution is 5.55. The molecule has 1 fully saturated rings. The number of anilines is 1. The number of hydrogen-bond donors (Lipinski definition) is 2. The summed E-state index contributed by atoms with van der Waals surface area (Å²) in [6.45, 7) is 5.30. The molecule has 0 saturated heterocycles. The van der Waals surface area contributed by atoms with Crippen molar-refractivity contribution >= 4 is 5.82 Å². The van der Waals surface area contributed by atoms with Gasteiger partial charge in [0.1, 0.15) is 11.6 Å². The zero-order valence-electron chi connectivity index (χ0n) is 14.4. The van der Waals surface area contributed by atoms with Crippen LogP contribution in [0.5, 0.6) is 0 Å². The van der Waals surface area contributed by atoms with Gasteiger partial charge in [-0.15, -0.1) is 5.10 Å². The third-order valence-corrected chi connectivity index (χ3v) is 5.18. The van der Waals surface area contributed by atoms with E-state index in [1.807, 2.05) is 13.8 Å². The van der Waals surface area contributed by atoms with Crippen molar-refractivity contribution in [1.29, 1.82) is 5.26 Å². The van der Waals surface area contributed by atoms with E-state index in [0.29, 0.717) is 17.9 Å². The second-order valence-corrected chi connectivity index (χ2v) is 6.53. The molecule has 6 nitrogen and oxygen atoms in total. The molecule has 2 N–H and O–H groups in total. The normalized spacial score (nSPS) is 17.0.